The molecule has 0 radical (unpaired) electrons. The summed E-state index contributed by atoms with van der Waals surface area (Å²) in [6.45, 7) is 4.39. The quantitative estimate of drug-likeness (QED) is 0.101. The second kappa shape index (κ2) is 17.3. The highest BCUT2D eigenvalue weighted by Gasteiger charge is 2.11. The molecule has 0 saturated heterocycles. The Morgan fingerprint density at radius 2 is 0.900 bits per heavy atom. The van der Waals surface area contributed by atoms with E-state index in [9.17, 15) is 9.59 Å². The summed E-state index contributed by atoms with van der Waals surface area (Å²) in [4.78, 5) is 25.1. The van der Waals surface area contributed by atoms with E-state index in [1.807, 2.05) is 24.3 Å². The molecule has 0 fully saturated rings. The van der Waals surface area contributed by atoms with Crippen LogP contribution in [0, 0.1) is 23.7 Å². The minimum Gasteiger partial charge on any atom is -0.423 e. The maximum atomic E-state index is 12.5. The third kappa shape index (κ3) is 10.8. The Morgan fingerprint density at radius 1 is 0.525 bits per heavy atom. The molecule has 0 bridgehead atoms. The van der Waals surface area contributed by atoms with Crippen molar-refractivity contribution in [1.82, 2.24) is 0 Å². The Hall–Kier alpha value is -4.28. The molecular weight excluding hydrogens is 496 g/mol. The highest BCUT2D eigenvalue weighted by molar-refractivity contribution is 5.92. The number of rotatable bonds is 12. The Morgan fingerprint density at radius 3 is 1.25 bits per heavy atom. The standard InChI is InChI=1S/C36H38O4/c1-3-5-7-9-11-13-15-29-17-21-31(22-18-29)35(37)39-33-25-27-34(28-26-33)40-36(38)32-23-19-30(20-24-32)16-14-12-10-8-6-4-2/h17-28H,3-12H2,1-2H3. The molecule has 0 atom stereocenters. The van der Waals surface area contributed by atoms with Crippen LogP contribution in [0.2, 0.25) is 0 Å². The van der Waals surface area contributed by atoms with E-state index in [2.05, 4.69) is 37.5 Å². The second-order valence-corrected chi connectivity index (χ2v) is 9.63. The molecule has 0 aliphatic heterocycles. The van der Waals surface area contributed by atoms with E-state index in [1.54, 1.807) is 48.5 Å². The van der Waals surface area contributed by atoms with Gasteiger partial charge < -0.3 is 9.47 Å². The van der Waals surface area contributed by atoms with Crippen LogP contribution in [0.3, 0.4) is 0 Å². The molecule has 0 unspecified atom stereocenters. The lowest BCUT2D eigenvalue weighted by Gasteiger charge is -2.07. The summed E-state index contributed by atoms with van der Waals surface area (Å²) in [6, 6.07) is 20.5. The lowest BCUT2D eigenvalue weighted by molar-refractivity contribution is 0.0719. The van der Waals surface area contributed by atoms with Crippen molar-refractivity contribution in [2.24, 2.45) is 0 Å². The van der Waals surface area contributed by atoms with Gasteiger partial charge in [0, 0.05) is 24.0 Å². The zero-order valence-corrected chi connectivity index (χ0v) is 23.6. The van der Waals surface area contributed by atoms with Gasteiger partial charge >= 0.3 is 11.9 Å². The average molecular weight is 535 g/mol. The number of benzene rings is 3. The van der Waals surface area contributed by atoms with Gasteiger partial charge in [-0.3, -0.25) is 0 Å². The predicted molar refractivity (Wildman–Crippen MR) is 161 cm³/mol. The van der Waals surface area contributed by atoms with Gasteiger partial charge in [-0.2, -0.15) is 0 Å². The fraction of sp³-hybridized carbons (Fsp3) is 0.333. The highest BCUT2D eigenvalue weighted by Crippen LogP contribution is 2.20. The zero-order valence-electron chi connectivity index (χ0n) is 23.6. The van der Waals surface area contributed by atoms with Crippen LogP contribution >= 0.6 is 0 Å². The molecule has 0 spiro atoms. The number of hydrogen-bond donors (Lipinski definition) is 0. The SMILES string of the molecule is CCCCCCC#Cc1ccc(C(=O)Oc2ccc(OC(=O)c3ccc(C#CCCCCCC)cc3)cc2)cc1. The minimum absolute atomic E-state index is 0.360. The number of esters is 2. The van der Waals surface area contributed by atoms with E-state index in [-0.39, 0.29) is 0 Å². The summed E-state index contributed by atoms with van der Waals surface area (Å²) in [6.07, 6.45) is 11.3. The molecule has 3 aromatic rings. The van der Waals surface area contributed by atoms with E-state index in [1.165, 1.54) is 38.5 Å². The van der Waals surface area contributed by atoms with E-state index in [0.29, 0.717) is 22.6 Å². The van der Waals surface area contributed by atoms with Crippen molar-refractivity contribution in [3.8, 4) is 35.2 Å². The molecule has 0 saturated carbocycles. The summed E-state index contributed by atoms with van der Waals surface area (Å²) < 4.78 is 10.9. The van der Waals surface area contributed by atoms with Gasteiger partial charge in [0.1, 0.15) is 11.5 Å². The van der Waals surface area contributed by atoms with Gasteiger partial charge in [-0.15, -0.1) is 0 Å². The molecule has 4 heteroatoms. The van der Waals surface area contributed by atoms with Gasteiger partial charge in [0.15, 0.2) is 0 Å². The molecule has 0 N–H and O–H groups in total. The zero-order chi connectivity index (χ0) is 28.4. The van der Waals surface area contributed by atoms with Crippen LogP contribution in [-0.2, 0) is 0 Å². The summed E-state index contributed by atoms with van der Waals surface area (Å²) in [5.74, 6) is 12.4. The minimum atomic E-state index is -0.465. The number of carbonyl (C=O) groups is 2. The summed E-state index contributed by atoms with van der Waals surface area (Å²) in [5.41, 5.74) is 2.62. The van der Waals surface area contributed by atoms with E-state index in [4.69, 9.17) is 9.47 Å². The maximum absolute atomic E-state index is 12.5. The van der Waals surface area contributed by atoms with Crippen molar-refractivity contribution in [2.75, 3.05) is 0 Å². The maximum Gasteiger partial charge on any atom is 0.343 e. The lowest BCUT2D eigenvalue weighted by Crippen LogP contribution is -2.09. The molecule has 3 aromatic carbocycles. The fourth-order valence-electron chi connectivity index (χ4n) is 3.90. The Balaban J connectivity index is 1.46. The van der Waals surface area contributed by atoms with Crippen molar-refractivity contribution in [3.63, 3.8) is 0 Å². The van der Waals surface area contributed by atoms with Gasteiger partial charge in [-0.1, -0.05) is 76.1 Å². The Bertz CT molecular complexity index is 1220. The molecule has 0 heterocycles. The van der Waals surface area contributed by atoms with Crippen LogP contribution in [0.25, 0.3) is 0 Å². The van der Waals surface area contributed by atoms with Crippen LogP contribution in [0.4, 0.5) is 0 Å². The van der Waals surface area contributed by atoms with Crippen LogP contribution in [0.15, 0.2) is 72.8 Å². The highest BCUT2D eigenvalue weighted by atomic mass is 16.5. The molecule has 4 nitrogen and oxygen atoms in total. The van der Waals surface area contributed by atoms with Gasteiger partial charge in [0.2, 0.25) is 0 Å². The smallest absolute Gasteiger partial charge is 0.343 e. The largest absolute Gasteiger partial charge is 0.423 e. The van der Waals surface area contributed by atoms with Gasteiger partial charge in [-0.25, -0.2) is 9.59 Å². The molecule has 40 heavy (non-hydrogen) atoms. The monoisotopic (exact) mass is 534 g/mol. The number of ether oxygens (including phenoxy) is 2. The fourth-order valence-corrected chi connectivity index (χ4v) is 3.90. The number of unbranched alkanes of at least 4 members (excludes halogenated alkanes) is 8. The van der Waals surface area contributed by atoms with Crippen LogP contribution in [0.5, 0.6) is 11.5 Å². The predicted octanol–water partition coefficient (Wildman–Crippen LogP) is 8.77. The molecule has 206 valence electrons. The lowest BCUT2D eigenvalue weighted by atomic mass is 10.1. The van der Waals surface area contributed by atoms with Crippen molar-refractivity contribution in [1.29, 1.82) is 0 Å². The van der Waals surface area contributed by atoms with Crippen LogP contribution in [-0.4, -0.2) is 11.9 Å². The normalized spacial score (nSPS) is 10.1. The molecule has 0 aliphatic carbocycles. The van der Waals surface area contributed by atoms with Crippen LogP contribution < -0.4 is 9.47 Å². The first-order valence-electron chi connectivity index (χ1n) is 14.3. The summed E-state index contributed by atoms with van der Waals surface area (Å²) >= 11 is 0. The van der Waals surface area contributed by atoms with Crippen molar-refractivity contribution >= 4 is 11.9 Å². The third-order valence-electron chi connectivity index (χ3n) is 6.26. The van der Waals surface area contributed by atoms with Crippen molar-refractivity contribution in [2.45, 2.75) is 78.1 Å². The molecule has 0 aromatic heterocycles. The van der Waals surface area contributed by atoms with E-state index in [0.717, 1.165) is 36.8 Å². The molecule has 0 amide bonds. The third-order valence-corrected chi connectivity index (χ3v) is 6.26. The summed E-state index contributed by atoms with van der Waals surface area (Å²) in [7, 11) is 0. The Labute approximate surface area is 239 Å². The van der Waals surface area contributed by atoms with E-state index < -0.39 is 11.9 Å². The van der Waals surface area contributed by atoms with Gasteiger partial charge in [-0.05, 0) is 85.6 Å². The van der Waals surface area contributed by atoms with Crippen molar-refractivity contribution in [3.05, 3.63) is 95.1 Å². The van der Waals surface area contributed by atoms with Gasteiger partial charge in [0.25, 0.3) is 0 Å². The first-order valence-corrected chi connectivity index (χ1v) is 14.3. The number of hydrogen-bond acceptors (Lipinski definition) is 4. The van der Waals surface area contributed by atoms with Gasteiger partial charge in [0.05, 0.1) is 11.1 Å². The first-order chi connectivity index (χ1) is 19.6. The van der Waals surface area contributed by atoms with E-state index >= 15 is 0 Å². The second-order valence-electron chi connectivity index (χ2n) is 9.63. The first kappa shape index (κ1) is 30.3. The molecule has 3 rings (SSSR count). The van der Waals surface area contributed by atoms with Crippen molar-refractivity contribution < 1.29 is 19.1 Å². The summed E-state index contributed by atoms with van der Waals surface area (Å²) in [5, 5.41) is 0. The number of carbonyl (C=O) groups excluding carboxylic acids is 2. The Kier molecular flexibility index (Phi) is 13.1. The molecular formula is C36H38O4. The average Bonchev–Trinajstić information content (AvgIpc) is 2.98. The van der Waals surface area contributed by atoms with Crippen LogP contribution in [0.1, 0.15) is 110 Å². The topological polar surface area (TPSA) is 52.6 Å². The molecule has 0 aliphatic rings.